The molecule has 9 heteroatoms. The van der Waals surface area contributed by atoms with Crippen LogP contribution in [-0.2, 0) is 11.3 Å². The van der Waals surface area contributed by atoms with Crippen LogP contribution in [0, 0.1) is 0 Å². The molecule has 2 aromatic rings. The van der Waals surface area contributed by atoms with Crippen LogP contribution in [0.3, 0.4) is 0 Å². The van der Waals surface area contributed by atoms with E-state index in [2.05, 4.69) is 15.0 Å². The van der Waals surface area contributed by atoms with E-state index in [1.54, 1.807) is 25.7 Å². The molecular formula is C18H25N6O3+. The van der Waals surface area contributed by atoms with Gasteiger partial charge < -0.3 is 25.7 Å². The van der Waals surface area contributed by atoms with Gasteiger partial charge in [0, 0.05) is 19.4 Å². The lowest BCUT2D eigenvalue weighted by atomic mass is 10.2. The van der Waals surface area contributed by atoms with E-state index in [0.717, 1.165) is 5.56 Å². The van der Waals surface area contributed by atoms with Crippen LogP contribution in [0.2, 0.25) is 0 Å². The van der Waals surface area contributed by atoms with E-state index in [1.165, 1.54) is 0 Å². The quantitative estimate of drug-likeness (QED) is 0.342. The van der Waals surface area contributed by atoms with Crippen molar-refractivity contribution in [3.63, 3.8) is 0 Å². The Morgan fingerprint density at radius 2 is 1.96 bits per heavy atom. The summed E-state index contributed by atoms with van der Waals surface area (Å²) >= 11 is 0. The number of rotatable bonds is 8. The number of quaternary nitrogens is 1. The number of ether oxygens (including phenoxy) is 3. The van der Waals surface area contributed by atoms with E-state index in [9.17, 15) is 0 Å². The van der Waals surface area contributed by atoms with Crippen LogP contribution in [0.1, 0.15) is 5.56 Å². The van der Waals surface area contributed by atoms with Crippen LogP contribution < -0.4 is 26.3 Å². The first-order chi connectivity index (χ1) is 13.1. The van der Waals surface area contributed by atoms with E-state index < -0.39 is 0 Å². The Bertz CT molecular complexity index is 780. The molecule has 0 bridgehead atoms. The van der Waals surface area contributed by atoms with Gasteiger partial charge in [-0.25, -0.2) is 15.3 Å². The van der Waals surface area contributed by atoms with Gasteiger partial charge in [-0.05, 0) is 23.8 Å². The number of aliphatic imine (C=N–C) groups is 2. The van der Waals surface area contributed by atoms with Gasteiger partial charge in [-0.1, -0.05) is 12.1 Å². The zero-order chi connectivity index (χ0) is 19.5. The summed E-state index contributed by atoms with van der Waals surface area (Å²) in [5.41, 5.74) is 12.6. The molecule has 0 spiro atoms. The van der Waals surface area contributed by atoms with Crippen LogP contribution >= 0.6 is 0 Å². The Morgan fingerprint density at radius 3 is 2.67 bits per heavy atom. The number of pyridine rings is 1. The molecule has 0 aliphatic carbocycles. The summed E-state index contributed by atoms with van der Waals surface area (Å²) in [4.78, 5) is 12.4. The molecule has 0 unspecified atom stereocenters. The third kappa shape index (κ3) is 6.92. The van der Waals surface area contributed by atoms with Crippen molar-refractivity contribution < 1.29 is 19.5 Å². The van der Waals surface area contributed by atoms with Crippen molar-refractivity contribution in [2.75, 3.05) is 27.4 Å². The fourth-order valence-corrected chi connectivity index (χ4v) is 2.15. The lowest BCUT2D eigenvalue weighted by molar-refractivity contribution is -0.450. The molecule has 0 fully saturated rings. The third-order valence-electron chi connectivity index (χ3n) is 3.42. The van der Waals surface area contributed by atoms with Crippen molar-refractivity contribution in [2.24, 2.45) is 21.5 Å². The highest BCUT2D eigenvalue weighted by atomic mass is 16.5. The lowest BCUT2D eigenvalue weighted by Gasteiger charge is -2.11. The number of methoxy groups -OCH3 is 2. The number of hydrogen-bond donors (Lipinski definition) is 3. The van der Waals surface area contributed by atoms with Crippen LogP contribution in [0.4, 0.5) is 5.82 Å². The van der Waals surface area contributed by atoms with Crippen LogP contribution in [-0.4, -0.2) is 44.3 Å². The van der Waals surface area contributed by atoms with Crippen LogP contribution in [0.5, 0.6) is 11.5 Å². The molecule has 1 heterocycles. The largest absolute Gasteiger partial charge is 0.493 e. The zero-order valence-electron chi connectivity index (χ0n) is 15.5. The van der Waals surface area contributed by atoms with Gasteiger partial charge in [-0.3, -0.25) is 0 Å². The summed E-state index contributed by atoms with van der Waals surface area (Å²) in [6, 6.07) is 11.0. The molecule has 1 aromatic heterocycles. The van der Waals surface area contributed by atoms with Gasteiger partial charge in [-0.2, -0.15) is 0 Å². The molecule has 0 amide bonds. The molecule has 144 valence electrons. The number of hydrogen-bond acceptors (Lipinski definition) is 5. The predicted octanol–water partition coefficient (Wildman–Crippen LogP) is 0.140. The van der Waals surface area contributed by atoms with Gasteiger partial charge in [0.15, 0.2) is 11.5 Å². The highest BCUT2D eigenvalue weighted by molar-refractivity contribution is 5.89. The molecule has 9 nitrogen and oxygen atoms in total. The molecular weight excluding hydrogens is 348 g/mol. The molecule has 0 saturated heterocycles. The molecule has 0 aliphatic heterocycles. The van der Waals surface area contributed by atoms with E-state index in [1.807, 2.05) is 36.4 Å². The second kappa shape index (κ2) is 10.7. The summed E-state index contributed by atoms with van der Waals surface area (Å²) in [5.74, 6) is 2.26. The summed E-state index contributed by atoms with van der Waals surface area (Å²) in [7, 11) is 3.20. The van der Waals surface area contributed by atoms with Gasteiger partial charge >= 0.3 is 5.96 Å². The van der Waals surface area contributed by atoms with Gasteiger partial charge in [0.05, 0.1) is 20.3 Å². The topological polar surface area (TPSA) is 134 Å². The normalized spacial score (nSPS) is 12.1. The van der Waals surface area contributed by atoms with Crippen LogP contribution in [0.15, 0.2) is 52.6 Å². The van der Waals surface area contributed by atoms with Crippen molar-refractivity contribution in [2.45, 2.75) is 6.54 Å². The number of nitrogens with zero attached hydrogens (tertiary/aromatic N) is 3. The summed E-state index contributed by atoms with van der Waals surface area (Å²) in [6.07, 6.45) is 1.67. The second-order valence-corrected chi connectivity index (χ2v) is 5.44. The first-order valence-electron chi connectivity index (χ1n) is 8.31. The smallest absolute Gasteiger partial charge is 0.306 e. The SMILES string of the molecule is COCCOc1cc(CN=C(N)N=C(N)[NH2+]c2ccccn2)ccc1OC. The molecule has 6 N–H and O–H groups in total. The fourth-order valence-electron chi connectivity index (χ4n) is 2.15. The minimum absolute atomic E-state index is 0.0809. The highest BCUT2D eigenvalue weighted by Gasteiger charge is 2.07. The first kappa shape index (κ1) is 20.1. The van der Waals surface area contributed by atoms with Gasteiger partial charge in [0.2, 0.25) is 11.8 Å². The van der Waals surface area contributed by atoms with Gasteiger partial charge in [0.1, 0.15) is 6.61 Å². The van der Waals surface area contributed by atoms with Crippen molar-refractivity contribution >= 4 is 17.7 Å². The van der Waals surface area contributed by atoms with Crippen molar-refractivity contribution in [3.8, 4) is 11.5 Å². The van der Waals surface area contributed by atoms with Crippen molar-refractivity contribution in [1.82, 2.24) is 4.98 Å². The fraction of sp³-hybridized carbons (Fsp3) is 0.278. The Kier molecular flexibility index (Phi) is 8.01. The van der Waals surface area contributed by atoms with Crippen molar-refractivity contribution in [1.29, 1.82) is 0 Å². The molecule has 27 heavy (non-hydrogen) atoms. The summed E-state index contributed by atoms with van der Waals surface area (Å²) in [5, 5.41) is 1.62. The average Bonchev–Trinajstić information content (AvgIpc) is 2.67. The Labute approximate surface area is 158 Å². The number of aromatic nitrogens is 1. The monoisotopic (exact) mass is 373 g/mol. The second-order valence-electron chi connectivity index (χ2n) is 5.44. The van der Waals surface area contributed by atoms with Gasteiger partial charge in [0.25, 0.3) is 0 Å². The zero-order valence-corrected chi connectivity index (χ0v) is 15.5. The van der Waals surface area contributed by atoms with E-state index in [4.69, 9.17) is 25.7 Å². The highest BCUT2D eigenvalue weighted by Crippen LogP contribution is 2.28. The molecule has 0 saturated carbocycles. The maximum absolute atomic E-state index is 5.85. The predicted molar refractivity (Wildman–Crippen MR) is 103 cm³/mol. The van der Waals surface area contributed by atoms with E-state index in [0.29, 0.717) is 37.1 Å². The standard InChI is InChI=1S/C18H24N6O3/c1-25-9-10-27-15-11-13(6-7-14(15)26-2)12-22-17(19)24-18(20)23-16-5-3-4-8-21-16/h3-8,11H,9-10,12H2,1-2H3,(H5,19,20,21,22,23,24)/p+1. The average molecular weight is 373 g/mol. The number of benzene rings is 1. The maximum atomic E-state index is 5.85. The molecule has 1 aromatic carbocycles. The minimum Gasteiger partial charge on any atom is -0.493 e. The number of nitrogens with two attached hydrogens (primary N) is 3. The van der Waals surface area contributed by atoms with Crippen LogP contribution in [0.25, 0.3) is 0 Å². The minimum atomic E-state index is 0.0809. The Hall–Kier alpha value is -3.17. The Balaban J connectivity index is 2.00. The van der Waals surface area contributed by atoms with Gasteiger partial charge in [-0.15, -0.1) is 4.99 Å². The van der Waals surface area contributed by atoms with E-state index in [-0.39, 0.29) is 11.9 Å². The molecule has 0 atom stereocenters. The summed E-state index contributed by atoms with van der Waals surface area (Å²) < 4.78 is 15.9. The Morgan fingerprint density at radius 1 is 1.11 bits per heavy atom. The molecule has 0 radical (unpaired) electrons. The summed E-state index contributed by atoms with van der Waals surface area (Å²) in [6.45, 7) is 1.24. The molecule has 2 rings (SSSR count). The maximum Gasteiger partial charge on any atom is 0.306 e. The lowest BCUT2D eigenvalue weighted by Crippen LogP contribution is -2.85. The first-order valence-corrected chi connectivity index (χ1v) is 8.31. The van der Waals surface area contributed by atoms with E-state index >= 15 is 0 Å². The number of guanidine groups is 2. The van der Waals surface area contributed by atoms with Crippen molar-refractivity contribution in [3.05, 3.63) is 48.2 Å². The third-order valence-corrected chi connectivity index (χ3v) is 3.42. The molecule has 0 aliphatic rings.